The van der Waals surface area contributed by atoms with Gasteiger partial charge in [-0.1, -0.05) is 18.2 Å². The molecular formula is C21H17N3O7S. The predicted molar refractivity (Wildman–Crippen MR) is 113 cm³/mol. The maximum absolute atomic E-state index is 12.7. The molecule has 0 bridgehead atoms. The Bertz CT molecular complexity index is 1120. The monoisotopic (exact) mass is 455 g/mol. The van der Waals surface area contributed by atoms with Crippen molar-refractivity contribution in [1.82, 2.24) is 10.2 Å². The molecule has 2 aliphatic heterocycles. The molecule has 164 valence electrons. The van der Waals surface area contributed by atoms with Gasteiger partial charge in [0.2, 0.25) is 0 Å². The Kier molecular flexibility index (Phi) is 5.82. The SMILES string of the molecule is O=C(OCc1ccc([N+](=O)[O-])cc1)C1=C(O)CS[C@@H]2C(NC(=O)c3ccccc3)C(=O)N12. The van der Waals surface area contributed by atoms with Crippen molar-refractivity contribution < 1.29 is 29.2 Å². The molecule has 1 saturated heterocycles. The van der Waals surface area contributed by atoms with Crippen molar-refractivity contribution in [3.63, 3.8) is 0 Å². The van der Waals surface area contributed by atoms with E-state index in [4.69, 9.17) is 4.74 Å². The third-order valence-electron chi connectivity index (χ3n) is 4.98. The zero-order chi connectivity index (χ0) is 22.8. The largest absolute Gasteiger partial charge is 0.509 e. The van der Waals surface area contributed by atoms with E-state index in [1.54, 1.807) is 30.3 Å². The molecule has 1 fully saturated rings. The Morgan fingerprint density at radius 1 is 1.19 bits per heavy atom. The molecule has 4 rings (SSSR count). The van der Waals surface area contributed by atoms with E-state index in [-0.39, 0.29) is 29.5 Å². The van der Waals surface area contributed by atoms with Gasteiger partial charge >= 0.3 is 5.97 Å². The maximum atomic E-state index is 12.7. The molecule has 2 amide bonds. The van der Waals surface area contributed by atoms with Crippen LogP contribution in [0.15, 0.2) is 66.1 Å². The number of esters is 1. The van der Waals surface area contributed by atoms with Crippen molar-refractivity contribution in [3.05, 3.63) is 87.3 Å². The van der Waals surface area contributed by atoms with Crippen LogP contribution in [0.4, 0.5) is 5.69 Å². The number of amides is 2. The lowest BCUT2D eigenvalue weighted by molar-refractivity contribution is -0.384. The number of benzene rings is 2. The van der Waals surface area contributed by atoms with E-state index in [1.807, 2.05) is 0 Å². The molecule has 11 heteroatoms. The predicted octanol–water partition coefficient (Wildman–Crippen LogP) is 2.12. The fourth-order valence-corrected chi connectivity index (χ4v) is 4.54. The fourth-order valence-electron chi connectivity index (χ4n) is 3.34. The van der Waals surface area contributed by atoms with Gasteiger partial charge in [-0.15, -0.1) is 11.8 Å². The number of non-ortho nitro benzene ring substituents is 1. The molecule has 0 spiro atoms. The fraction of sp³-hybridized carbons (Fsp3) is 0.190. The second-order valence-electron chi connectivity index (χ2n) is 7.02. The van der Waals surface area contributed by atoms with E-state index in [0.717, 1.165) is 4.90 Å². The molecule has 10 nitrogen and oxygen atoms in total. The lowest BCUT2D eigenvalue weighted by Gasteiger charge is -2.48. The number of rotatable bonds is 6. The summed E-state index contributed by atoms with van der Waals surface area (Å²) in [6.07, 6.45) is 0. The van der Waals surface area contributed by atoms with Gasteiger partial charge in [0.25, 0.3) is 17.5 Å². The summed E-state index contributed by atoms with van der Waals surface area (Å²) in [6, 6.07) is 13.1. The number of β-lactam (4-membered cyclic amide) rings is 1. The number of nitro groups is 1. The number of nitrogens with zero attached hydrogens (tertiary/aromatic N) is 2. The first-order valence-electron chi connectivity index (χ1n) is 9.50. The summed E-state index contributed by atoms with van der Waals surface area (Å²) in [5.74, 6) is -2.05. The number of fused-ring (bicyclic) bond motifs is 1. The number of aliphatic hydroxyl groups excluding tert-OH is 1. The summed E-state index contributed by atoms with van der Waals surface area (Å²) in [6.45, 7) is -0.193. The maximum Gasteiger partial charge on any atom is 0.358 e. The van der Waals surface area contributed by atoms with Gasteiger partial charge in [0, 0.05) is 17.7 Å². The van der Waals surface area contributed by atoms with Gasteiger partial charge in [0.1, 0.15) is 23.8 Å². The van der Waals surface area contributed by atoms with Crippen molar-refractivity contribution in [1.29, 1.82) is 0 Å². The molecule has 0 aromatic heterocycles. The van der Waals surface area contributed by atoms with Crippen LogP contribution < -0.4 is 5.32 Å². The van der Waals surface area contributed by atoms with Crippen molar-refractivity contribution in [3.8, 4) is 0 Å². The molecular weight excluding hydrogens is 438 g/mol. The lowest BCUT2D eigenvalue weighted by atomic mass is 10.0. The van der Waals surface area contributed by atoms with Gasteiger partial charge in [0.05, 0.1) is 10.7 Å². The first-order valence-corrected chi connectivity index (χ1v) is 10.5. The van der Waals surface area contributed by atoms with E-state index in [1.165, 1.54) is 36.0 Å². The van der Waals surface area contributed by atoms with Crippen LogP contribution in [0.3, 0.4) is 0 Å². The standard InChI is InChI=1S/C21H17N3O7S/c25-15-11-32-20-16(22-18(26)13-4-2-1-3-5-13)19(27)23(20)17(15)21(28)31-10-12-6-8-14(9-7-12)24(29)30/h1-9,16,20,25H,10-11H2,(H,22,26)/t16?,20-/m1/s1. The highest BCUT2D eigenvalue weighted by atomic mass is 32.2. The highest BCUT2D eigenvalue weighted by Gasteiger charge is 2.54. The van der Waals surface area contributed by atoms with Crippen LogP contribution in [-0.2, 0) is 20.9 Å². The average molecular weight is 455 g/mol. The van der Waals surface area contributed by atoms with Crippen LogP contribution in [0.1, 0.15) is 15.9 Å². The molecule has 0 saturated carbocycles. The first-order chi connectivity index (χ1) is 15.4. The van der Waals surface area contributed by atoms with Crippen molar-refractivity contribution >= 4 is 35.2 Å². The van der Waals surface area contributed by atoms with Gasteiger partial charge in [-0.3, -0.25) is 24.6 Å². The first kappa shape index (κ1) is 21.4. The highest BCUT2D eigenvalue weighted by molar-refractivity contribution is 8.00. The quantitative estimate of drug-likeness (QED) is 0.292. The Hall–Kier alpha value is -3.86. The zero-order valence-electron chi connectivity index (χ0n) is 16.5. The van der Waals surface area contributed by atoms with Gasteiger partial charge in [-0.25, -0.2) is 4.79 Å². The zero-order valence-corrected chi connectivity index (χ0v) is 17.3. The Balaban J connectivity index is 1.41. The number of ether oxygens (including phenoxy) is 1. The third kappa shape index (κ3) is 4.02. The van der Waals surface area contributed by atoms with Crippen LogP contribution >= 0.6 is 11.8 Å². The number of aliphatic hydroxyl groups is 1. The number of carbonyl (C=O) groups excluding carboxylic acids is 3. The number of hydrogen-bond acceptors (Lipinski definition) is 8. The van der Waals surface area contributed by atoms with Crippen LogP contribution in [0.5, 0.6) is 0 Å². The Morgan fingerprint density at radius 2 is 1.88 bits per heavy atom. The summed E-state index contributed by atoms with van der Waals surface area (Å²) in [5, 5.41) is 23.1. The van der Waals surface area contributed by atoms with Crippen LogP contribution in [0, 0.1) is 10.1 Å². The van der Waals surface area contributed by atoms with Crippen LogP contribution in [0.25, 0.3) is 0 Å². The average Bonchev–Trinajstić information content (AvgIpc) is 2.81. The molecule has 2 atom stereocenters. The summed E-state index contributed by atoms with van der Waals surface area (Å²) >= 11 is 1.22. The van der Waals surface area contributed by atoms with Gasteiger partial charge in [-0.05, 0) is 29.8 Å². The van der Waals surface area contributed by atoms with Gasteiger partial charge < -0.3 is 15.2 Å². The van der Waals surface area contributed by atoms with E-state index >= 15 is 0 Å². The number of carbonyl (C=O) groups is 3. The van der Waals surface area contributed by atoms with Gasteiger partial charge in [0.15, 0.2) is 5.70 Å². The summed E-state index contributed by atoms with van der Waals surface area (Å²) in [5.41, 5.74) is 0.558. The van der Waals surface area contributed by atoms with Crippen LogP contribution in [0.2, 0.25) is 0 Å². The summed E-state index contributed by atoms with van der Waals surface area (Å²) in [4.78, 5) is 49.0. The molecule has 2 N–H and O–H groups in total. The highest BCUT2D eigenvalue weighted by Crippen LogP contribution is 2.40. The molecule has 32 heavy (non-hydrogen) atoms. The Morgan fingerprint density at radius 3 is 2.53 bits per heavy atom. The molecule has 2 aliphatic rings. The van der Waals surface area contributed by atoms with E-state index in [0.29, 0.717) is 11.1 Å². The minimum Gasteiger partial charge on any atom is -0.509 e. The molecule has 2 aromatic carbocycles. The number of nitrogens with one attached hydrogen (secondary N) is 1. The number of nitro benzene ring substituents is 1. The normalized spacial score (nSPS) is 19.6. The molecule has 2 aromatic rings. The van der Waals surface area contributed by atoms with Crippen molar-refractivity contribution in [2.45, 2.75) is 18.0 Å². The molecule has 0 radical (unpaired) electrons. The van der Waals surface area contributed by atoms with Crippen LogP contribution in [-0.4, -0.2) is 49.9 Å². The van der Waals surface area contributed by atoms with E-state index in [9.17, 15) is 29.6 Å². The topological polar surface area (TPSA) is 139 Å². The number of thioether (sulfide) groups is 1. The minimum atomic E-state index is -0.896. The van der Waals surface area contributed by atoms with E-state index in [2.05, 4.69) is 5.32 Å². The molecule has 2 heterocycles. The Labute approximate surface area is 186 Å². The molecule has 1 unspecified atom stereocenters. The second kappa shape index (κ2) is 8.71. The smallest absolute Gasteiger partial charge is 0.358 e. The van der Waals surface area contributed by atoms with Crippen molar-refractivity contribution in [2.75, 3.05) is 5.75 Å². The van der Waals surface area contributed by atoms with Gasteiger partial charge in [-0.2, -0.15) is 0 Å². The van der Waals surface area contributed by atoms with Crippen molar-refractivity contribution in [2.24, 2.45) is 0 Å². The second-order valence-corrected chi connectivity index (χ2v) is 8.13. The molecule has 0 aliphatic carbocycles. The third-order valence-corrected chi connectivity index (χ3v) is 6.25. The van der Waals surface area contributed by atoms with E-state index < -0.39 is 34.1 Å². The lowest BCUT2D eigenvalue weighted by Crippen LogP contribution is -2.70. The minimum absolute atomic E-state index is 0.0775. The summed E-state index contributed by atoms with van der Waals surface area (Å²) in [7, 11) is 0. The summed E-state index contributed by atoms with van der Waals surface area (Å²) < 4.78 is 5.21. The number of hydrogen-bond donors (Lipinski definition) is 2.